The number of halogens is 2. The number of piperazine rings is 1. The molecule has 2 amide bonds. The number of nitrogens with one attached hydrogen (secondary N) is 2. The van der Waals surface area contributed by atoms with Crippen LogP contribution in [0.25, 0.3) is 0 Å². The molecule has 0 atom stereocenters. The highest BCUT2D eigenvalue weighted by Gasteiger charge is 2.26. The van der Waals surface area contributed by atoms with Crippen LogP contribution in [0, 0.1) is 5.92 Å². The zero-order chi connectivity index (χ0) is 20.9. The van der Waals surface area contributed by atoms with Crippen LogP contribution in [0.2, 0.25) is 10.0 Å². The van der Waals surface area contributed by atoms with Crippen molar-refractivity contribution in [3.8, 4) is 0 Å². The molecule has 1 saturated carbocycles. The first-order chi connectivity index (χ1) is 14.5. The number of carbonyl (C=O) groups is 1. The first-order valence-electron chi connectivity index (χ1n) is 10.4. The van der Waals surface area contributed by atoms with Crippen LogP contribution in [0.5, 0.6) is 0 Å². The van der Waals surface area contributed by atoms with E-state index in [0.717, 1.165) is 49.9 Å². The Labute approximate surface area is 187 Å². The van der Waals surface area contributed by atoms with Gasteiger partial charge in [0.15, 0.2) is 0 Å². The van der Waals surface area contributed by atoms with Crippen molar-refractivity contribution >= 4 is 34.9 Å². The number of hydrogen-bond acceptors (Lipinski definition) is 4. The third kappa shape index (κ3) is 6.32. The number of urea groups is 1. The highest BCUT2D eigenvalue weighted by atomic mass is 35.5. The number of rotatable bonds is 7. The average Bonchev–Trinajstić information content (AvgIpc) is 3.55. The van der Waals surface area contributed by atoms with Gasteiger partial charge in [0.05, 0.1) is 16.4 Å². The molecule has 1 aromatic carbocycles. The van der Waals surface area contributed by atoms with E-state index < -0.39 is 0 Å². The van der Waals surface area contributed by atoms with Gasteiger partial charge >= 0.3 is 6.03 Å². The van der Waals surface area contributed by atoms with E-state index in [-0.39, 0.29) is 6.03 Å². The lowest BCUT2D eigenvalue weighted by molar-refractivity contribution is 0.122. The molecule has 6 nitrogen and oxygen atoms in total. The lowest BCUT2D eigenvalue weighted by Gasteiger charge is -2.34. The van der Waals surface area contributed by atoms with Gasteiger partial charge in [0, 0.05) is 57.0 Å². The van der Waals surface area contributed by atoms with Crippen molar-refractivity contribution in [3.63, 3.8) is 0 Å². The van der Waals surface area contributed by atoms with Gasteiger partial charge in [-0.25, -0.2) is 4.79 Å². The second kappa shape index (κ2) is 9.96. The Morgan fingerprint density at radius 1 is 1.07 bits per heavy atom. The Morgan fingerprint density at radius 3 is 2.50 bits per heavy atom. The first kappa shape index (κ1) is 21.4. The van der Waals surface area contributed by atoms with Gasteiger partial charge in [-0.05, 0) is 48.6 Å². The van der Waals surface area contributed by atoms with Crippen molar-refractivity contribution in [1.29, 1.82) is 0 Å². The van der Waals surface area contributed by atoms with E-state index in [1.165, 1.54) is 19.4 Å². The molecule has 1 aliphatic carbocycles. The van der Waals surface area contributed by atoms with Crippen LogP contribution < -0.4 is 10.6 Å². The Kier molecular flexibility index (Phi) is 7.10. The van der Waals surface area contributed by atoms with Crippen molar-refractivity contribution in [3.05, 3.63) is 57.8 Å². The lowest BCUT2D eigenvalue weighted by atomic mass is 10.2. The number of aromatic nitrogens is 1. The highest BCUT2D eigenvalue weighted by molar-refractivity contribution is 6.36. The van der Waals surface area contributed by atoms with Crippen molar-refractivity contribution < 1.29 is 4.79 Å². The quantitative estimate of drug-likeness (QED) is 0.666. The number of carbonyl (C=O) groups excluding carboxylic acids is 1. The van der Waals surface area contributed by atoms with Gasteiger partial charge in [-0.3, -0.25) is 9.88 Å². The fraction of sp³-hybridized carbons (Fsp3) is 0.455. The number of nitrogens with zero attached hydrogens (tertiary/aromatic N) is 3. The second-order valence-electron chi connectivity index (χ2n) is 8.11. The molecule has 160 valence electrons. The maximum Gasteiger partial charge on any atom is 0.319 e. The SMILES string of the molecule is O=C(NCc1ccc(CN2CCN(CC3CC3)CC2)nc1)Nc1ccc(Cl)cc1Cl. The van der Waals surface area contributed by atoms with Crippen molar-refractivity contribution in [1.82, 2.24) is 20.1 Å². The van der Waals surface area contributed by atoms with Gasteiger partial charge in [0.1, 0.15) is 0 Å². The standard InChI is InChI=1S/C22H27Cl2N5O/c23-18-4-6-21(20(24)11-18)27-22(30)26-13-17-3-5-19(25-12-17)15-29-9-7-28(8-10-29)14-16-1-2-16/h3-6,11-12,16H,1-2,7-10,13-15H2,(H2,26,27,30). The predicted molar refractivity (Wildman–Crippen MR) is 121 cm³/mol. The van der Waals surface area contributed by atoms with E-state index >= 15 is 0 Å². The molecule has 0 spiro atoms. The van der Waals surface area contributed by atoms with Gasteiger partial charge in [0.2, 0.25) is 0 Å². The van der Waals surface area contributed by atoms with E-state index in [0.29, 0.717) is 22.3 Å². The summed E-state index contributed by atoms with van der Waals surface area (Å²) in [6.07, 6.45) is 4.66. The summed E-state index contributed by atoms with van der Waals surface area (Å²) in [5, 5.41) is 6.46. The largest absolute Gasteiger partial charge is 0.334 e. The summed E-state index contributed by atoms with van der Waals surface area (Å²) in [5.74, 6) is 0.963. The summed E-state index contributed by atoms with van der Waals surface area (Å²) in [5.41, 5.74) is 2.53. The molecular weight excluding hydrogens is 421 g/mol. The second-order valence-corrected chi connectivity index (χ2v) is 8.95. The van der Waals surface area contributed by atoms with Crippen LogP contribution in [-0.2, 0) is 13.1 Å². The number of hydrogen-bond donors (Lipinski definition) is 2. The minimum Gasteiger partial charge on any atom is -0.334 e. The molecule has 30 heavy (non-hydrogen) atoms. The zero-order valence-corrected chi connectivity index (χ0v) is 18.4. The van der Waals surface area contributed by atoms with Crippen LogP contribution in [-0.4, -0.2) is 53.5 Å². The Bertz CT molecular complexity index is 864. The lowest BCUT2D eigenvalue weighted by Crippen LogP contribution is -2.46. The fourth-order valence-corrected chi connectivity index (χ4v) is 4.07. The molecule has 1 aromatic heterocycles. The van der Waals surface area contributed by atoms with Gasteiger partial charge in [-0.15, -0.1) is 0 Å². The number of amides is 2. The molecular formula is C22H27Cl2N5O. The summed E-state index contributed by atoms with van der Waals surface area (Å²) in [7, 11) is 0. The Morgan fingerprint density at radius 2 is 1.83 bits per heavy atom. The van der Waals surface area contributed by atoms with Crippen LogP contribution in [0.3, 0.4) is 0 Å². The topological polar surface area (TPSA) is 60.5 Å². The monoisotopic (exact) mass is 447 g/mol. The van der Waals surface area contributed by atoms with Crippen molar-refractivity contribution in [2.24, 2.45) is 5.92 Å². The molecule has 0 unspecified atom stereocenters. The molecule has 1 aliphatic heterocycles. The van der Waals surface area contributed by atoms with Crippen molar-refractivity contribution in [2.75, 3.05) is 38.0 Å². The van der Waals surface area contributed by atoms with E-state index in [1.807, 2.05) is 18.3 Å². The summed E-state index contributed by atoms with van der Waals surface area (Å²) in [4.78, 5) is 21.7. The number of benzene rings is 1. The summed E-state index contributed by atoms with van der Waals surface area (Å²) in [6.45, 7) is 7.07. The number of anilines is 1. The average molecular weight is 448 g/mol. The van der Waals surface area contributed by atoms with E-state index in [2.05, 4.69) is 25.4 Å². The zero-order valence-electron chi connectivity index (χ0n) is 16.9. The minimum absolute atomic E-state index is 0.327. The normalized spacial score (nSPS) is 17.7. The van der Waals surface area contributed by atoms with Gasteiger partial charge in [-0.1, -0.05) is 29.3 Å². The smallest absolute Gasteiger partial charge is 0.319 e. The molecule has 2 aromatic rings. The Hall–Kier alpha value is -1.86. The van der Waals surface area contributed by atoms with E-state index in [9.17, 15) is 4.79 Å². The van der Waals surface area contributed by atoms with Crippen molar-refractivity contribution in [2.45, 2.75) is 25.9 Å². The van der Waals surface area contributed by atoms with Crippen LogP contribution >= 0.6 is 23.2 Å². The highest BCUT2D eigenvalue weighted by Crippen LogP contribution is 2.30. The third-order valence-corrected chi connectivity index (χ3v) is 6.13. The summed E-state index contributed by atoms with van der Waals surface area (Å²) < 4.78 is 0. The maximum atomic E-state index is 12.1. The summed E-state index contributed by atoms with van der Waals surface area (Å²) in [6, 6.07) is 8.68. The van der Waals surface area contributed by atoms with Gasteiger partial charge in [0.25, 0.3) is 0 Å². The minimum atomic E-state index is -0.327. The molecule has 2 aliphatic rings. The van der Waals surface area contributed by atoms with Gasteiger partial charge in [-0.2, -0.15) is 0 Å². The maximum absolute atomic E-state index is 12.1. The van der Waals surface area contributed by atoms with Crippen LogP contribution in [0.15, 0.2) is 36.5 Å². The fourth-order valence-electron chi connectivity index (χ4n) is 3.62. The molecule has 1 saturated heterocycles. The predicted octanol–water partition coefficient (Wildman–Crippen LogP) is 4.24. The first-order valence-corrected chi connectivity index (χ1v) is 11.2. The molecule has 0 bridgehead atoms. The molecule has 0 radical (unpaired) electrons. The molecule has 2 heterocycles. The molecule has 2 N–H and O–H groups in total. The van der Waals surface area contributed by atoms with Gasteiger partial charge < -0.3 is 15.5 Å². The van der Waals surface area contributed by atoms with Crippen LogP contribution in [0.4, 0.5) is 10.5 Å². The van der Waals surface area contributed by atoms with E-state index in [4.69, 9.17) is 23.2 Å². The summed E-state index contributed by atoms with van der Waals surface area (Å²) >= 11 is 11.9. The molecule has 4 rings (SSSR count). The van der Waals surface area contributed by atoms with Crippen LogP contribution in [0.1, 0.15) is 24.1 Å². The molecule has 2 fully saturated rings. The Balaban J connectivity index is 1.19. The van der Waals surface area contributed by atoms with E-state index in [1.54, 1.807) is 18.2 Å². The third-order valence-electron chi connectivity index (χ3n) is 5.58. The molecule has 8 heteroatoms. The number of pyridine rings is 1.